The molecule has 0 spiro atoms. The molecule has 192 valence electrons. The molecule has 1 aliphatic heterocycles. The zero-order chi connectivity index (χ0) is 25.5. The van der Waals surface area contributed by atoms with Gasteiger partial charge in [0, 0.05) is 56.3 Å². The van der Waals surface area contributed by atoms with Gasteiger partial charge in [-0.3, -0.25) is 0 Å². The number of hydrogen-bond donors (Lipinski definition) is 4. The summed E-state index contributed by atoms with van der Waals surface area (Å²) in [5.41, 5.74) is 3.22. The molecular formula is C24H31FN8O2S. The summed E-state index contributed by atoms with van der Waals surface area (Å²) in [7, 11) is -1.44. The van der Waals surface area contributed by atoms with Gasteiger partial charge in [0.1, 0.15) is 0 Å². The number of likely N-dealkylation sites (N-methyl/N-ethyl adjacent to an activating group) is 1. The van der Waals surface area contributed by atoms with Gasteiger partial charge in [-0.05, 0) is 49.0 Å². The van der Waals surface area contributed by atoms with Crippen LogP contribution in [0.5, 0.6) is 0 Å². The normalized spacial score (nSPS) is 14.6. The van der Waals surface area contributed by atoms with E-state index in [1.807, 2.05) is 24.3 Å². The Balaban J connectivity index is 1.40. The number of benzene rings is 2. The fraction of sp³-hybridized carbons (Fsp3) is 0.333. The van der Waals surface area contributed by atoms with E-state index in [-0.39, 0.29) is 18.3 Å². The van der Waals surface area contributed by atoms with Crippen LogP contribution in [0.2, 0.25) is 0 Å². The quantitative estimate of drug-likeness (QED) is 0.327. The number of piperazine rings is 1. The van der Waals surface area contributed by atoms with Crippen LogP contribution in [0, 0.1) is 5.82 Å². The van der Waals surface area contributed by atoms with Gasteiger partial charge in [0.15, 0.2) is 11.6 Å². The molecule has 0 saturated carbocycles. The molecule has 36 heavy (non-hydrogen) atoms. The molecule has 4 rings (SSSR count). The molecule has 1 aliphatic rings. The Labute approximate surface area is 211 Å². The third kappa shape index (κ3) is 7.10. The molecule has 0 aliphatic carbocycles. The average molecular weight is 515 g/mol. The molecule has 12 heteroatoms. The van der Waals surface area contributed by atoms with Gasteiger partial charge in [-0.2, -0.15) is 18.1 Å². The van der Waals surface area contributed by atoms with E-state index in [2.05, 4.69) is 46.9 Å². The van der Waals surface area contributed by atoms with Gasteiger partial charge in [-0.25, -0.2) is 14.1 Å². The van der Waals surface area contributed by atoms with Gasteiger partial charge >= 0.3 is 0 Å². The Bertz CT molecular complexity index is 1270. The lowest BCUT2D eigenvalue weighted by atomic mass is 10.2. The Morgan fingerprint density at radius 1 is 0.972 bits per heavy atom. The molecule has 4 N–H and O–H groups in total. The molecule has 1 fully saturated rings. The molecule has 1 saturated heterocycles. The van der Waals surface area contributed by atoms with E-state index >= 15 is 0 Å². The van der Waals surface area contributed by atoms with Gasteiger partial charge in [0.25, 0.3) is 10.2 Å². The minimum atomic E-state index is -3.57. The number of halogens is 1. The van der Waals surface area contributed by atoms with Crippen LogP contribution in [-0.4, -0.2) is 63.1 Å². The maximum absolute atomic E-state index is 14.4. The smallest absolute Gasteiger partial charge is 0.277 e. The lowest BCUT2D eigenvalue weighted by molar-refractivity contribution is 0.313. The Kier molecular flexibility index (Phi) is 8.31. The highest BCUT2D eigenvalue weighted by atomic mass is 32.2. The van der Waals surface area contributed by atoms with Crippen molar-refractivity contribution in [2.24, 2.45) is 0 Å². The van der Waals surface area contributed by atoms with Crippen molar-refractivity contribution in [3.63, 3.8) is 0 Å². The van der Waals surface area contributed by atoms with Crippen molar-refractivity contribution in [1.29, 1.82) is 0 Å². The van der Waals surface area contributed by atoms with Gasteiger partial charge in [0.2, 0.25) is 5.95 Å². The largest absolute Gasteiger partial charge is 0.369 e. The summed E-state index contributed by atoms with van der Waals surface area (Å²) in [6.07, 6.45) is 1.10. The van der Waals surface area contributed by atoms with E-state index in [0.717, 1.165) is 43.8 Å². The van der Waals surface area contributed by atoms with Crippen LogP contribution in [0.1, 0.15) is 12.5 Å². The maximum atomic E-state index is 14.4. The first-order valence-electron chi connectivity index (χ1n) is 11.7. The van der Waals surface area contributed by atoms with E-state index in [9.17, 15) is 12.8 Å². The van der Waals surface area contributed by atoms with E-state index in [4.69, 9.17) is 0 Å². The van der Waals surface area contributed by atoms with Crippen molar-refractivity contribution in [3.8, 4) is 0 Å². The Morgan fingerprint density at radius 2 is 1.72 bits per heavy atom. The zero-order valence-corrected chi connectivity index (χ0v) is 21.1. The predicted molar refractivity (Wildman–Crippen MR) is 141 cm³/mol. The lowest BCUT2D eigenvalue weighted by Crippen LogP contribution is -2.44. The number of anilines is 5. The van der Waals surface area contributed by atoms with Gasteiger partial charge in [-0.15, -0.1) is 0 Å². The molecule has 3 aromatic rings. The number of nitrogens with zero attached hydrogens (tertiary/aromatic N) is 4. The summed E-state index contributed by atoms with van der Waals surface area (Å²) in [4.78, 5) is 13.0. The average Bonchev–Trinajstić information content (AvgIpc) is 2.86. The Hall–Kier alpha value is -3.32. The number of nitrogens with one attached hydrogen (secondary N) is 4. The number of hydrogen-bond acceptors (Lipinski definition) is 8. The first kappa shape index (κ1) is 25.8. The lowest BCUT2D eigenvalue weighted by Gasteiger charge is -2.34. The number of rotatable bonds is 10. The van der Waals surface area contributed by atoms with E-state index < -0.39 is 16.0 Å². The van der Waals surface area contributed by atoms with E-state index in [1.54, 1.807) is 31.2 Å². The molecule has 10 nitrogen and oxygen atoms in total. The van der Waals surface area contributed by atoms with Crippen LogP contribution in [0.25, 0.3) is 0 Å². The third-order valence-electron chi connectivity index (χ3n) is 5.73. The summed E-state index contributed by atoms with van der Waals surface area (Å²) in [6, 6.07) is 15.0. The molecule has 0 atom stereocenters. The Morgan fingerprint density at radius 3 is 2.44 bits per heavy atom. The highest BCUT2D eigenvalue weighted by molar-refractivity contribution is 7.87. The van der Waals surface area contributed by atoms with Crippen LogP contribution in [0.3, 0.4) is 0 Å². The van der Waals surface area contributed by atoms with Crippen molar-refractivity contribution in [1.82, 2.24) is 24.3 Å². The molecule has 0 unspecified atom stereocenters. The molecule has 0 bridgehead atoms. The van der Waals surface area contributed by atoms with Gasteiger partial charge < -0.3 is 20.4 Å². The maximum Gasteiger partial charge on any atom is 0.277 e. The predicted octanol–water partition coefficient (Wildman–Crippen LogP) is 2.80. The highest BCUT2D eigenvalue weighted by Gasteiger charge is 2.14. The summed E-state index contributed by atoms with van der Waals surface area (Å²) in [5, 5.41) is 6.06. The van der Waals surface area contributed by atoms with E-state index in [1.165, 1.54) is 0 Å². The van der Waals surface area contributed by atoms with Crippen LogP contribution in [-0.2, 0) is 16.8 Å². The van der Waals surface area contributed by atoms with Crippen molar-refractivity contribution in [3.05, 3.63) is 66.1 Å². The molecule has 1 aromatic heterocycles. The molecule has 0 amide bonds. The monoisotopic (exact) mass is 514 g/mol. The first-order chi connectivity index (χ1) is 17.3. The second-order valence-corrected chi connectivity index (χ2v) is 10.1. The van der Waals surface area contributed by atoms with Crippen molar-refractivity contribution < 1.29 is 12.8 Å². The summed E-state index contributed by atoms with van der Waals surface area (Å²) >= 11 is 0. The highest BCUT2D eigenvalue weighted by Crippen LogP contribution is 2.23. The third-order valence-corrected chi connectivity index (χ3v) is 6.92. The van der Waals surface area contributed by atoms with Crippen molar-refractivity contribution >= 4 is 39.0 Å². The summed E-state index contributed by atoms with van der Waals surface area (Å²) < 4.78 is 42.9. The SMILES string of the molecule is CCNS(=O)(=O)NCc1cccc(Nc2nc(Nc3ccc(N4CCN(C)CC4)cc3)ncc2F)c1. The number of aromatic nitrogens is 2. The fourth-order valence-electron chi connectivity index (χ4n) is 3.78. The van der Waals surface area contributed by atoms with Crippen molar-refractivity contribution in [2.75, 3.05) is 55.3 Å². The standard InChI is InChI=1S/C24H31FN8O2S/c1-3-27-36(34,35)28-16-18-5-4-6-20(15-18)29-23-22(25)17-26-24(31-23)30-19-7-9-21(10-8-19)33-13-11-32(2)12-14-33/h4-10,15,17,27-28H,3,11-14,16H2,1-2H3,(H2,26,29,30,31). The molecule has 2 aromatic carbocycles. The summed E-state index contributed by atoms with van der Waals surface area (Å²) in [5.74, 6) is -0.350. The topological polar surface area (TPSA) is 115 Å². The molecule has 0 radical (unpaired) electrons. The second-order valence-electron chi connectivity index (χ2n) is 8.50. The van der Waals surface area contributed by atoms with Crippen LogP contribution < -0.4 is 25.0 Å². The minimum Gasteiger partial charge on any atom is -0.369 e. The minimum absolute atomic E-state index is 0.00642. The van der Waals surface area contributed by atoms with Gasteiger partial charge in [-0.1, -0.05) is 19.1 Å². The fourth-order valence-corrected chi connectivity index (χ4v) is 4.62. The molecule has 2 heterocycles. The van der Waals surface area contributed by atoms with Crippen molar-refractivity contribution in [2.45, 2.75) is 13.5 Å². The van der Waals surface area contributed by atoms with Gasteiger partial charge in [0.05, 0.1) is 6.20 Å². The second kappa shape index (κ2) is 11.6. The van der Waals surface area contributed by atoms with Crippen LogP contribution >= 0.6 is 0 Å². The zero-order valence-electron chi connectivity index (χ0n) is 20.3. The first-order valence-corrected chi connectivity index (χ1v) is 13.2. The molecular weight excluding hydrogens is 483 g/mol. The summed E-state index contributed by atoms with van der Waals surface area (Å²) in [6.45, 7) is 6.13. The van der Waals surface area contributed by atoms with Crippen LogP contribution in [0.4, 0.5) is 33.2 Å². The van der Waals surface area contributed by atoms with E-state index in [0.29, 0.717) is 17.8 Å². The van der Waals surface area contributed by atoms with Crippen LogP contribution in [0.15, 0.2) is 54.7 Å².